The maximum atomic E-state index is 15.3. The summed E-state index contributed by atoms with van der Waals surface area (Å²) < 4.78 is 6.30. The molecule has 0 unspecified atom stereocenters. The maximum Gasteiger partial charge on any atom is 0.326 e. The minimum Gasteiger partial charge on any atom is -0.493 e. The highest BCUT2D eigenvalue weighted by Crippen LogP contribution is 2.54. The van der Waals surface area contributed by atoms with Gasteiger partial charge in [-0.05, 0) is 93.8 Å². The van der Waals surface area contributed by atoms with Crippen LogP contribution in [-0.4, -0.2) is 58.8 Å². The molecule has 0 saturated carbocycles. The van der Waals surface area contributed by atoms with Crippen molar-refractivity contribution < 1.29 is 14.3 Å². The van der Waals surface area contributed by atoms with Gasteiger partial charge in [0, 0.05) is 59.5 Å². The number of hydrogen-bond donors (Lipinski definition) is 1. The molecule has 0 radical (unpaired) electrons. The molecule has 0 aliphatic carbocycles. The van der Waals surface area contributed by atoms with Gasteiger partial charge in [0.2, 0.25) is 5.91 Å². The Bertz CT molecular complexity index is 2040. The molecule has 4 aromatic rings. The van der Waals surface area contributed by atoms with E-state index in [-0.39, 0.29) is 23.3 Å². The van der Waals surface area contributed by atoms with Crippen LogP contribution in [0.25, 0.3) is 0 Å². The smallest absolute Gasteiger partial charge is 0.326 e. The molecular formula is C45H53Cl2N5O3. The van der Waals surface area contributed by atoms with Gasteiger partial charge in [0.05, 0.1) is 12.2 Å². The molecule has 2 aliphatic rings. The summed E-state index contributed by atoms with van der Waals surface area (Å²) in [5.74, 6) is 1.32. The van der Waals surface area contributed by atoms with Crippen LogP contribution in [0.15, 0.2) is 90.1 Å². The van der Waals surface area contributed by atoms with Gasteiger partial charge < -0.3 is 15.0 Å². The molecule has 1 saturated heterocycles. The van der Waals surface area contributed by atoms with Gasteiger partial charge in [0.25, 0.3) is 0 Å². The van der Waals surface area contributed by atoms with Crippen LogP contribution in [0, 0.1) is 12.8 Å². The van der Waals surface area contributed by atoms with Crippen molar-refractivity contribution in [2.45, 2.75) is 90.6 Å². The molecule has 1 fully saturated rings. The van der Waals surface area contributed by atoms with Gasteiger partial charge in [0.15, 0.2) is 0 Å². The van der Waals surface area contributed by atoms with Gasteiger partial charge in [-0.25, -0.2) is 4.79 Å². The Balaban J connectivity index is 1.33. The number of aromatic nitrogens is 1. The summed E-state index contributed by atoms with van der Waals surface area (Å²) in [5.41, 5.74) is 3.47. The Morgan fingerprint density at radius 2 is 1.56 bits per heavy atom. The average molecular weight is 783 g/mol. The van der Waals surface area contributed by atoms with E-state index >= 15 is 4.79 Å². The molecule has 290 valence electrons. The second-order valence-electron chi connectivity index (χ2n) is 16.2. The predicted octanol–water partition coefficient (Wildman–Crippen LogP) is 9.87. The number of benzene rings is 3. The molecule has 3 heterocycles. The van der Waals surface area contributed by atoms with Crippen LogP contribution in [0.4, 0.5) is 4.79 Å². The molecular weight excluding hydrogens is 729 g/mol. The van der Waals surface area contributed by atoms with Gasteiger partial charge in [0.1, 0.15) is 22.7 Å². The van der Waals surface area contributed by atoms with Gasteiger partial charge >= 0.3 is 6.03 Å². The third kappa shape index (κ3) is 8.41. The number of piperidine rings is 1. The zero-order valence-electron chi connectivity index (χ0n) is 33.1. The lowest BCUT2D eigenvalue weighted by molar-refractivity contribution is -0.122. The Hall–Kier alpha value is -4.40. The number of rotatable bonds is 10. The number of ether oxygens (including phenoxy) is 1. The molecule has 1 N–H and O–H groups in total. The van der Waals surface area contributed by atoms with Crippen LogP contribution in [-0.2, 0) is 27.7 Å². The van der Waals surface area contributed by atoms with Crippen molar-refractivity contribution in [2.24, 2.45) is 10.9 Å². The van der Waals surface area contributed by atoms with Gasteiger partial charge in [-0.1, -0.05) is 98.1 Å². The van der Waals surface area contributed by atoms with Gasteiger partial charge in [-0.2, -0.15) is 0 Å². The Morgan fingerprint density at radius 1 is 0.927 bits per heavy atom. The summed E-state index contributed by atoms with van der Waals surface area (Å²) in [7, 11) is 0. The minimum absolute atomic E-state index is 0.0510. The van der Waals surface area contributed by atoms with Crippen molar-refractivity contribution in [1.82, 2.24) is 20.1 Å². The van der Waals surface area contributed by atoms with Crippen molar-refractivity contribution in [2.75, 3.05) is 26.2 Å². The zero-order chi connectivity index (χ0) is 39.5. The molecule has 2 atom stereocenters. The number of carbonyl (C=O) groups excluding carboxylic acids is 2. The number of likely N-dealkylation sites (tertiary alicyclic amines) is 1. The first kappa shape index (κ1) is 40.3. The van der Waals surface area contributed by atoms with Crippen molar-refractivity contribution >= 4 is 41.0 Å². The highest BCUT2D eigenvalue weighted by Gasteiger charge is 2.60. The van der Waals surface area contributed by atoms with E-state index in [9.17, 15) is 4.79 Å². The number of halogens is 2. The molecule has 55 heavy (non-hydrogen) atoms. The van der Waals surface area contributed by atoms with Crippen LogP contribution >= 0.6 is 23.2 Å². The fourth-order valence-electron chi connectivity index (χ4n) is 7.88. The summed E-state index contributed by atoms with van der Waals surface area (Å²) >= 11 is 12.9. The topological polar surface area (TPSA) is 87.1 Å². The predicted molar refractivity (Wildman–Crippen MR) is 222 cm³/mol. The van der Waals surface area contributed by atoms with Crippen LogP contribution in [0.3, 0.4) is 0 Å². The van der Waals surface area contributed by atoms with E-state index < -0.39 is 11.1 Å². The molecule has 6 rings (SSSR count). The molecule has 3 amide bonds. The second kappa shape index (κ2) is 16.4. The van der Waals surface area contributed by atoms with Crippen molar-refractivity contribution in [3.05, 3.63) is 129 Å². The number of nitrogens with zero attached hydrogens (tertiary/aromatic N) is 4. The van der Waals surface area contributed by atoms with Crippen molar-refractivity contribution in [3.8, 4) is 5.75 Å². The Kier molecular flexibility index (Phi) is 12.0. The Morgan fingerprint density at radius 3 is 2.16 bits per heavy atom. The molecule has 0 spiro atoms. The number of aryl methyl sites for hydroxylation is 1. The summed E-state index contributed by atoms with van der Waals surface area (Å²) in [5, 5.41) is 4.32. The van der Waals surface area contributed by atoms with Crippen molar-refractivity contribution in [1.29, 1.82) is 0 Å². The fourth-order valence-corrected chi connectivity index (χ4v) is 8.13. The lowest BCUT2D eigenvalue weighted by atomic mass is 9.71. The summed E-state index contributed by atoms with van der Waals surface area (Å²) in [6.45, 7) is 16.6. The lowest BCUT2D eigenvalue weighted by Crippen LogP contribution is -2.59. The summed E-state index contributed by atoms with van der Waals surface area (Å²) in [6.07, 6.45) is 4.46. The monoisotopic (exact) mass is 781 g/mol. The highest BCUT2D eigenvalue weighted by molar-refractivity contribution is 6.30. The number of hydrogen-bond acceptors (Lipinski definition) is 5. The van der Waals surface area contributed by atoms with E-state index in [0.717, 1.165) is 36.1 Å². The first-order valence-corrected chi connectivity index (χ1v) is 20.1. The molecule has 8 nitrogen and oxygen atoms in total. The summed E-state index contributed by atoms with van der Waals surface area (Å²) in [4.78, 5) is 42.5. The first-order valence-electron chi connectivity index (χ1n) is 19.3. The number of amides is 3. The normalized spacial score (nSPS) is 20.3. The molecule has 2 aliphatic heterocycles. The summed E-state index contributed by atoms with van der Waals surface area (Å²) in [6, 6.07) is 25.5. The van der Waals surface area contributed by atoms with E-state index in [4.69, 9.17) is 37.9 Å². The standard InChI is InChI=1S/C45H53Cl2N5O3/c1-8-55-38-28-39(43(3,4)5)49-29-37(38)41-50-44(6,33-12-16-35(46)17-13-33)45(7,34-14-18-36(47)19-15-34)52(41)42(54)51-24-21-32(22-25-51)27-40(53)48-23-20-31-11-9-10-30(2)26-31/h9-19,26,28-29,32H,8,20-25,27H2,1-7H3,(H,48,53)/t44-,45+/m0/s1. The van der Waals surface area contributed by atoms with E-state index in [1.54, 1.807) is 6.20 Å². The third-order valence-electron chi connectivity index (χ3n) is 11.3. The fraction of sp³-hybridized carbons (Fsp3) is 0.422. The average Bonchev–Trinajstić information content (AvgIpc) is 3.39. The molecule has 10 heteroatoms. The SMILES string of the molecule is CCOc1cc(C(C)(C)C)ncc1C1=N[C@@](C)(c2ccc(Cl)cc2)[C@@](C)(c2ccc(Cl)cc2)N1C(=O)N1CCC(CC(=O)NCCc2cccc(C)c2)CC1. The number of pyridine rings is 1. The van der Waals surface area contributed by atoms with E-state index in [1.165, 1.54) is 11.1 Å². The van der Waals surface area contributed by atoms with E-state index in [0.29, 0.717) is 59.9 Å². The largest absolute Gasteiger partial charge is 0.493 e. The maximum absolute atomic E-state index is 15.3. The number of nitrogens with one attached hydrogen (secondary N) is 1. The number of carbonyl (C=O) groups is 2. The molecule has 3 aromatic carbocycles. The number of urea groups is 1. The number of amidine groups is 1. The lowest BCUT2D eigenvalue weighted by Gasteiger charge is -2.47. The quantitative estimate of drug-likeness (QED) is 0.174. The van der Waals surface area contributed by atoms with Crippen molar-refractivity contribution in [3.63, 3.8) is 0 Å². The Labute approximate surface area is 336 Å². The molecule has 0 bridgehead atoms. The first-order chi connectivity index (χ1) is 26.1. The van der Waals surface area contributed by atoms with E-state index in [1.807, 2.05) is 77.4 Å². The van der Waals surface area contributed by atoms with E-state index in [2.05, 4.69) is 65.1 Å². The zero-order valence-corrected chi connectivity index (χ0v) is 34.6. The third-order valence-corrected chi connectivity index (χ3v) is 11.8. The highest BCUT2D eigenvalue weighted by atomic mass is 35.5. The van der Waals surface area contributed by atoms with Crippen LogP contribution in [0.2, 0.25) is 10.0 Å². The number of aliphatic imine (C=N–C) groups is 1. The minimum atomic E-state index is -1.03. The van der Waals surface area contributed by atoms with Gasteiger partial charge in [-0.15, -0.1) is 0 Å². The van der Waals surface area contributed by atoms with Crippen LogP contribution < -0.4 is 10.1 Å². The van der Waals surface area contributed by atoms with Crippen LogP contribution in [0.5, 0.6) is 5.75 Å². The van der Waals surface area contributed by atoms with Gasteiger partial charge in [-0.3, -0.25) is 19.7 Å². The molecule has 1 aromatic heterocycles. The van der Waals surface area contributed by atoms with Crippen LogP contribution in [0.1, 0.15) is 94.3 Å². The second-order valence-corrected chi connectivity index (χ2v) is 17.1.